The minimum absolute atomic E-state index is 0.0193. The van der Waals surface area contributed by atoms with Crippen molar-refractivity contribution in [3.05, 3.63) is 53.6 Å². The van der Waals surface area contributed by atoms with Crippen LogP contribution in [0.15, 0.2) is 42.5 Å². The number of methoxy groups -OCH3 is 1. The van der Waals surface area contributed by atoms with Crippen LogP contribution in [0.5, 0.6) is 11.5 Å². The highest BCUT2D eigenvalue weighted by molar-refractivity contribution is 5.90. The van der Waals surface area contributed by atoms with Crippen molar-refractivity contribution in [3.63, 3.8) is 0 Å². The SMILES string of the molecule is COC(=O)c1ccc(C(C)(C)C)c(OCC(O)Nc2ccc(O)cc2)c1. The van der Waals surface area contributed by atoms with E-state index in [4.69, 9.17) is 9.47 Å². The van der Waals surface area contributed by atoms with Crippen molar-refractivity contribution in [1.82, 2.24) is 0 Å². The standard InChI is InChI=1S/C20H25NO5/c1-20(2,3)16-10-5-13(19(24)25-4)11-17(16)26-12-18(23)21-14-6-8-15(22)9-7-14/h5-11,18,21-23H,12H2,1-4H3. The Morgan fingerprint density at radius 3 is 2.38 bits per heavy atom. The molecule has 6 nitrogen and oxygen atoms in total. The first-order valence-corrected chi connectivity index (χ1v) is 8.30. The van der Waals surface area contributed by atoms with E-state index < -0.39 is 12.2 Å². The predicted molar refractivity (Wildman–Crippen MR) is 99.7 cm³/mol. The number of carbonyl (C=O) groups excluding carboxylic acids is 1. The number of benzene rings is 2. The number of esters is 1. The van der Waals surface area contributed by atoms with E-state index in [0.29, 0.717) is 17.0 Å². The molecule has 6 heteroatoms. The first-order chi connectivity index (χ1) is 12.2. The molecule has 0 bridgehead atoms. The fourth-order valence-electron chi connectivity index (χ4n) is 2.47. The van der Waals surface area contributed by atoms with Crippen LogP contribution in [0.1, 0.15) is 36.7 Å². The van der Waals surface area contributed by atoms with Crippen molar-refractivity contribution in [2.75, 3.05) is 19.0 Å². The van der Waals surface area contributed by atoms with Gasteiger partial charge in [-0.2, -0.15) is 0 Å². The number of rotatable bonds is 6. The van der Waals surface area contributed by atoms with Crippen LogP contribution in [0.2, 0.25) is 0 Å². The van der Waals surface area contributed by atoms with E-state index in [9.17, 15) is 15.0 Å². The Balaban J connectivity index is 2.13. The zero-order chi connectivity index (χ0) is 19.3. The molecule has 1 unspecified atom stereocenters. The molecule has 3 N–H and O–H groups in total. The van der Waals surface area contributed by atoms with E-state index in [1.807, 2.05) is 26.8 Å². The zero-order valence-electron chi connectivity index (χ0n) is 15.4. The third-order valence-electron chi connectivity index (χ3n) is 3.81. The van der Waals surface area contributed by atoms with Crippen molar-refractivity contribution >= 4 is 11.7 Å². The van der Waals surface area contributed by atoms with Gasteiger partial charge in [-0.15, -0.1) is 0 Å². The molecule has 26 heavy (non-hydrogen) atoms. The van der Waals surface area contributed by atoms with Gasteiger partial charge in [0.2, 0.25) is 0 Å². The van der Waals surface area contributed by atoms with Gasteiger partial charge in [0.1, 0.15) is 18.1 Å². The number of hydrogen-bond donors (Lipinski definition) is 3. The van der Waals surface area contributed by atoms with Crippen LogP contribution in [-0.2, 0) is 10.2 Å². The second-order valence-electron chi connectivity index (χ2n) is 6.97. The normalized spacial score (nSPS) is 12.3. The predicted octanol–water partition coefficient (Wildman–Crippen LogP) is 3.29. The largest absolute Gasteiger partial charge is 0.508 e. The Morgan fingerprint density at radius 1 is 1.15 bits per heavy atom. The van der Waals surface area contributed by atoms with Gasteiger partial charge in [0, 0.05) is 5.69 Å². The number of nitrogens with one attached hydrogen (secondary N) is 1. The molecule has 0 aliphatic carbocycles. The molecule has 0 aliphatic heterocycles. The van der Waals surface area contributed by atoms with Crippen LogP contribution in [0.25, 0.3) is 0 Å². The molecular formula is C20H25NO5. The van der Waals surface area contributed by atoms with Crippen LogP contribution >= 0.6 is 0 Å². The Bertz CT molecular complexity index is 750. The lowest BCUT2D eigenvalue weighted by molar-refractivity contribution is 0.0600. The van der Waals surface area contributed by atoms with E-state index in [0.717, 1.165) is 5.56 Å². The average molecular weight is 359 g/mol. The Kier molecular flexibility index (Phi) is 6.10. The summed E-state index contributed by atoms with van der Waals surface area (Å²) in [5.74, 6) is 0.223. The summed E-state index contributed by atoms with van der Waals surface area (Å²) in [5, 5.41) is 22.3. The monoisotopic (exact) mass is 359 g/mol. The number of phenols is 1. The van der Waals surface area contributed by atoms with Gasteiger partial charge in [0.15, 0.2) is 6.23 Å². The summed E-state index contributed by atoms with van der Waals surface area (Å²) in [7, 11) is 1.33. The van der Waals surface area contributed by atoms with E-state index >= 15 is 0 Å². The highest BCUT2D eigenvalue weighted by atomic mass is 16.5. The molecule has 140 valence electrons. The summed E-state index contributed by atoms with van der Waals surface area (Å²) in [4.78, 5) is 11.8. The van der Waals surface area contributed by atoms with Gasteiger partial charge in [0.25, 0.3) is 0 Å². The maximum absolute atomic E-state index is 11.8. The average Bonchev–Trinajstić information content (AvgIpc) is 2.60. The quantitative estimate of drug-likeness (QED) is 0.417. The molecule has 0 aromatic heterocycles. The number of aromatic hydroxyl groups is 1. The lowest BCUT2D eigenvalue weighted by Crippen LogP contribution is -2.27. The molecule has 2 rings (SSSR count). The van der Waals surface area contributed by atoms with Crippen LogP contribution < -0.4 is 10.1 Å². The van der Waals surface area contributed by atoms with E-state index in [1.165, 1.54) is 19.2 Å². The number of aliphatic hydroxyl groups is 1. The van der Waals surface area contributed by atoms with Gasteiger partial charge < -0.3 is 25.0 Å². The molecule has 1 atom stereocenters. The minimum Gasteiger partial charge on any atom is -0.508 e. The Labute approximate surface area is 153 Å². The summed E-state index contributed by atoms with van der Waals surface area (Å²) >= 11 is 0. The molecule has 2 aromatic carbocycles. The molecule has 0 amide bonds. The number of anilines is 1. The zero-order valence-corrected chi connectivity index (χ0v) is 15.4. The maximum atomic E-state index is 11.8. The van der Waals surface area contributed by atoms with Crippen molar-refractivity contribution in [2.24, 2.45) is 0 Å². The van der Waals surface area contributed by atoms with Crippen LogP contribution in [0, 0.1) is 0 Å². The Morgan fingerprint density at radius 2 is 1.81 bits per heavy atom. The molecular weight excluding hydrogens is 334 g/mol. The molecule has 0 saturated carbocycles. The van der Waals surface area contributed by atoms with Gasteiger partial charge in [-0.1, -0.05) is 26.8 Å². The van der Waals surface area contributed by atoms with Crippen LogP contribution in [-0.4, -0.2) is 36.1 Å². The lowest BCUT2D eigenvalue weighted by atomic mass is 9.86. The molecule has 0 heterocycles. The second kappa shape index (κ2) is 8.10. The van der Waals surface area contributed by atoms with Crippen molar-refractivity contribution in [1.29, 1.82) is 0 Å². The molecule has 0 saturated heterocycles. The van der Waals surface area contributed by atoms with Gasteiger partial charge >= 0.3 is 5.97 Å². The fourth-order valence-corrected chi connectivity index (χ4v) is 2.47. The van der Waals surface area contributed by atoms with Crippen LogP contribution in [0.4, 0.5) is 5.69 Å². The van der Waals surface area contributed by atoms with Crippen molar-refractivity contribution in [3.8, 4) is 11.5 Å². The first-order valence-electron chi connectivity index (χ1n) is 8.30. The molecule has 0 radical (unpaired) electrons. The van der Waals surface area contributed by atoms with E-state index in [-0.39, 0.29) is 17.8 Å². The molecule has 0 fully saturated rings. The number of phenolic OH excluding ortho intramolecular Hbond substituents is 1. The van der Waals surface area contributed by atoms with Gasteiger partial charge in [-0.3, -0.25) is 0 Å². The summed E-state index contributed by atoms with van der Waals surface area (Å²) in [6.07, 6.45) is -0.964. The van der Waals surface area contributed by atoms with E-state index in [2.05, 4.69) is 5.32 Å². The Hall–Kier alpha value is -2.73. The summed E-state index contributed by atoms with van der Waals surface area (Å²) in [5.41, 5.74) is 1.76. The third-order valence-corrected chi connectivity index (χ3v) is 3.81. The minimum atomic E-state index is -0.964. The maximum Gasteiger partial charge on any atom is 0.337 e. The molecule has 0 aliphatic rings. The smallest absolute Gasteiger partial charge is 0.337 e. The van der Waals surface area contributed by atoms with Crippen LogP contribution in [0.3, 0.4) is 0 Å². The first kappa shape index (κ1) is 19.6. The van der Waals surface area contributed by atoms with Gasteiger partial charge in [-0.25, -0.2) is 4.79 Å². The number of hydrogen-bond acceptors (Lipinski definition) is 6. The summed E-state index contributed by atoms with van der Waals surface area (Å²) in [6, 6.07) is 11.5. The van der Waals surface area contributed by atoms with Gasteiger partial charge in [0.05, 0.1) is 12.7 Å². The highest BCUT2D eigenvalue weighted by Crippen LogP contribution is 2.32. The lowest BCUT2D eigenvalue weighted by Gasteiger charge is -2.24. The second-order valence-corrected chi connectivity index (χ2v) is 6.97. The number of aliphatic hydroxyl groups excluding tert-OH is 1. The molecule has 2 aromatic rings. The van der Waals surface area contributed by atoms with Crippen molar-refractivity contribution in [2.45, 2.75) is 32.4 Å². The summed E-state index contributed by atoms with van der Waals surface area (Å²) < 4.78 is 10.5. The number of carbonyl (C=O) groups is 1. The fraction of sp³-hybridized carbons (Fsp3) is 0.350. The third kappa shape index (κ3) is 5.13. The molecule has 0 spiro atoms. The number of ether oxygens (including phenoxy) is 2. The summed E-state index contributed by atoms with van der Waals surface area (Å²) in [6.45, 7) is 6.10. The highest BCUT2D eigenvalue weighted by Gasteiger charge is 2.21. The topological polar surface area (TPSA) is 88.0 Å². The van der Waals surface area contributed by atoms with E-state index in [1.54, 1.807) is 24.3 Å². The van der Waals surface area contributed by atoms with Gasteiger partial charge in [-0.05, 0) is 47.4 Å². The van der Waals surface area contributed by atoms with Crippen molar-refractivity contribution < 1.29 is 24.5 Å².